The Labute approximate surface area is 99.8 Å². The van der Waals surface area contributed by atoms with Crippen LogP contribution in [0.1, 0.15) is 48.8 Å². The van der Waals surface area contributed by atoms with E-state index in [9.17, 15) is 9.90 Å². The molecular formula is C11H18N4O2. The van der Waals surface area contributed by atoms with E-state index < -0.39 is 5.91 Å². The van der Waals surface area contributed by atoms with Crippen LogP contribution in [0, 0.1) is 5.41 Å². The van der Waals surface area contributed by atoms with E-state index in [-0.39, 0.29) is 23.6 Å². The summed E-state index contributed by atoms with van der Waals surface area (Å²) < 4.78 is 1.72. The average molecular weight is 238 g/mol. The largest absolute Gasteiger partial charge is 0.396 e. The van der Waals surface area contributed by atoms with Crippen LogP contribution in [0.2, 0.25) is 0 Å². The summed E-state index contributed by atoms with van der Waals surface area (Å²) in [5, 5.41) is 17.1. The fraction of sp³-hybridized carbons (Fsp3) is 0.727. The van der Waals surface area contributed by atoms with Crippen molar-refractivity contribution in [3.8, 4) is 0 Å². The molecule has 0 atom stereocenters. The number of aromatic nitrogens is 3. The van der Waals surface area contributed by atoms with Crippen LogP contribution in [-0.2, 0) is 6.54 Å². The normalized spacial score (nSPS) is 17.4. The molecule has 1 fully saturated rings. The Morgan fingerprint density at radius 3 is 2.65 bits per heavy atom. The van der Waals surface area contributed by atoms with Gasteiger partial charge in [0.05, 0.1) is 18.8 Å². The molecule has 94 valence electrons. The molecule has 1 saturated carbocycles. The Hall–Kier alpha value is -1.43. The Kier molecular flexibility index (Phi) is 2.91. The second kappa shape index (κ2) is 4.10. The molecule has 0 spiro atoms. The minimum Gasteiger partial charge on any atom is -0.396 e. The number of carbonyl (C=O) groups is 1. The van der Waals surface area contributed by atoms with E-state index in [1.165, 1.54) is 0 Å². The van der Waals surface area contributed by atoms with Gasteiger partial charge in [-0.1, -0.05) is 19.1 Å². The smallest absolute Gasteiger partial charge is 0.271 e. The highest BCUT2D eigenvalue weighted by Gasteiger charge is 2.43. The number of amides is 1. The monoisotopic (exact) mass is 238 g/mol. The zero-order valence-electron chi connectivity index (χ0n) is 10.2. The molecule has 17 heavy (non-hydrogen) atoms. The van der Waals surface area contributed by atoms with E-state index in [1.807, 2.05) is 13.8 Å². The topological polar surface area (TPSA) is 94.0 Å². The minimum atomic E-state index is -0.547. The van der Waals surface area contributed by atoms with Crippen molar-refractivity contribution in [1.29, 1.82) is 0 Å². The lowest BCUT2D eigenvalue weighted by atomic mass is 10.1. The first-order chi connectivity index (χ1) is 7.99. The van der Waals surface area contributed by atoms with E-state index in [0.29, 0.717) is 6.54 Å². The van der Waals surface area contributed by atoms with Crippen molar-refractivity contribution in [2.45, 2.75) is 39.2 Å². The average Bonchev–Trinajstić information content (AvgIpc) is 2.89. The molecule has 0 aromatic carbocycles. The van der Waals surface area contributed by atoms with Gasteiger partial charge in [-0.15, -0.1) is 5.10 Å². The van der Waals surface area contributed by atoms with Gasteiger partial charge >= 0.3 is 0 Å². The van der Waals surface area contributed by atoms with Crippen molar-refractivity contribution in [2.24, 2.45) is 11.1 Å². The maximum absolute atomic E-state index is 11.2. The summed E-state index contributed by atoms with van der Waals surface area (Å²) in [5.74, 6) is -0.421. The van der Waals surface area contributed by atoms with Gasteiger partial charge in [-0.3, -0.25) is 4.79 Å². The minimum absolute atomic E-state index is 0.0632. The summed E-state index contributed by atoms with van der Waals surface area (Å²) in [6.45, 7) is 4.70. The third-order valence-electron chi connectivity index (χ3n) is 3.33. The summed E-state index contributed by atoms with van der Waals surface area (Å²) in [6.07, 6.45) is 1.99. The fourth-order valence-corrected chi connectivity index (χ4v) is 2.04. The van der Waals surface area contributed by atoms with Crippen LogP contribution in [0.15, 0.2) is 0 Å². The maximum atomic E-state index is 11.2. The van der Waals surface area contributed by atoms with Gasteiger partial charge in [0, 0.05) is 5.41 Å². The van der Waals surface area contributed by atoms with Crippen LogP contribution in [0.3, 0.4) is 0 Å². The lowest BCUT2D eigenvalue weighted by molar-refractivity contribution is 0.0994. The first-order valence-corrected chi connectivity index (χ1v) is 5.83. The predicted octanol–water partition coefficient (Wildman–Crippen LogP) is 0.273. The quantitative estimate of drug-likeness (QED) is 0.770. The molecule has 0 radical (unpaired) electrons. The number of hydrogen-bond acceptors (Lipinski definition) is 4. The van der Waals surface area contributed by atoms with Gasteiger partial charge in [-0.2, -0.15) is 0 Å². The molecule has 2 rings (SSSR count). The first-order valence-electron chi connectivity index (χ1n) is 5.83. The summed E-state index contributed by atoms with van der Waals surface area (Å²) in [7, 11) is 0. The molecule has 1 amide bonds. The second-order valence-electron chi connectivity index (χ2n) is 5.16. The molecule has 1 aliphatic carbocycles. The lowest BCUT2D eigenvalue weighted by Crippen LogP contribution is -2.21. The second-order valence-corrected chi connectivity index (χ2v) is 5.16. The van der Waals surface area contributed by atoms with E-state index in [2.05, 4.69) is 10.3 Å². The van der Waals surface area contributed by atoms with Gasteiger partial charge in [-0.25, -0.2) is 4.68 Å². The van der Waals surface area contributed by atoms with Crippen molar-refractivity contribution < 1.29 is 9.90 Å². The van der Waals surface area contributed by atoms with Crippen LogP contribution in [-0.4, -0.2) is 32.6 Å². The Morgan fingerprint density at radius 1 is 1.59 bits per heavy atom. The highest BCUT2D eigenvalue weighted by molar-refractivity contribution is 5.91. The van der Waals surface area contributed by atoms with Crippen molar-refractivity contribution in [2.75, 3.05) is 6.61 Å². The SMILES string of the molecule is CC(C)c1c(C(N)=O)nnn1CC1(CO)CC1. The lowest BCUT2D eigenvalue weighted by Gasteiger charge is -2.15. The van der Waals surface area contributed by atoms with Crippen LogP contribution in [0.25, 0.3) is 0 Å². The van der Waals surface area contributed by atoms with Gasteiger partial charge in [0.2, 0.25) is 0 Å². The molecule has 1 aromatic rings. The van der Waals surface area contributed by atoms with Gasteiger partial charge < -0.3 is 10.8 Å². The number of hydrogen-bond donors (Lipinski definition) is 2. The van der Waals surface area contributed by atoms with E-state index in [0.717, 1.165) is 18.5 Å². The zero-order chi connectivity index (χ0) is 12.6. The predicted molar refractivity (Wildman–Crippen MR) is 61.4 cm³/mol. The molecule has 0 aliphatic heterocycles. The van der Waals surface area contributed by atoms with Crippen molar-refractivity contribution >= 4 is 5.91 Å². The first kappa shape index (κ1) is 12.0. The number of nitrogens with two attached hydrogens (primary N) is 1. The third-order valence-corrected chi connectivity index (χ3v) is 3.33. The Morgan fingerprint density at radius 2 is 2.24 bits per heavy atom. The van der Waals surface area contributed by atoms with Crippen LogP contribution in [0.4, 0.5) is 0 Å². The number of aliphatic hydroxyl groups is 1. The van der Waals surface area contributed by atoms with E-state index >= 15 is 0 Å². The number of primary amides is 1. The van der Waals surface area contributed by atoms with Gasteiger partial charge in [0.1, 0.15) is 0 Å². The summed E-state index contributed by atoms with van der Waals surface area (Å²) in [5.41, 5.74) is 6.22. The molecule has 1 aromatic heterocycles. The molecule has 6 heteroatoms. The summed E-state index contributed by atoms with van der Waals surface area (Å²) in [4.78, 5) is 11.2. The Bertz CT molecular complexity index is 435. The molecule has 0 bridgehead atoms. The molecule has 6 nitrogen and oxygen atoms in total. The zero-order valence-corrected chi connectivity index (χ0v) is 10.2. The molecule has 1 heterocycles. The van der Waals surface area contributed by atoms with Crippen LogP contribution >= 0.6 is 0 Å². The Balaban J connectivity index is 2.31. The maximum Gasteiger partial charge on any atom is 0.271 e. The number of rotatable bonds is 5. The molecule has 0 unspecified atom stereocenters. The summed E-state index contributed by atoms with van der Waals surface area (Å²) in [6, 6.07) is 0. The standard InChI is InChI=1S/C11H18N4O2/c1-7(2)9-8(10(12)17)13-14-15(9)5-11(6-16)3-4-11/h7,16H,3-6H2,1-2H3,(H2,12,17). The highest BCUT2D eigenvalue weighted by atomic mass is 16.3. The molecule has 0 saturated heterocycles. The van der Waals surface area contributed by atoms with Crippen molar-refractivity contribution in [3.63, 3.8) is 0 Å². The number of aliphatic hydroxyl groups excluding tert-OH is 1. The van der Waals surface area contributed by atoms with E-state index in [1.54, 1.807) is 4.68 Å². The van der Waals surface area contributed by atoms with Crippen molar-refractivity contribution in [1.82, 2.24) is 15.0 Å². The highest BCUT2D eigenvalue weighted by Crippen LogP contribution is 2.46. The summed E-state index contributed by atoms with van der Waals surface area (Å²) >= 11 is 0. The third kappa shape index (κ3) is 2.17. The van der Waals surface area contributed by atoms with E-state index in [4.69, 9.17) is 5.73 Å². The molecular weight excluding hydrogens is 220 g/mol. The van der Waals surface area contributed by atoms with Crippen LogP contribution in [0.5, 0.6) is 0 Å². The van der Waals surface area contributed by atoms with Crippen molar-refractivity contribution in [3.05, 3.63) is 11.4 Å². The molecule has 1 aliphatic rings. The van der Waals surface area contributed by atoms with Gasteiger partial charge in [-0.05, 0) is 18.8 Å². The number of carbonyl (C=O) groups excluding carboxylic acids is 1. The van der Waals surface area contributed by atoms with Gasteiger partial charge in [0.15, 0.2) is 5.69 Å². The number of nitrogens with zero attached hydrogens (tertiary/aromatic N) is 3. The van der Waals surface area contributed by atoms with Gasteiger partial charge in [0.25, 0.3) is 5.91 Å². The fourth-order valence-electron chi connectivity index (χ4n) is 2.04. The van der Waals surface area contributed by atoms with Crippen LogP contribution < -0.4 is 5.73 Å². The molecule has 3 N–H and O–H groups in total.